The molecule has 0 amide bonds. The molecule has 1 N–H and O–H groups in total. The number of fused-ring (bicyclic) bond motifs is 1. The average Bonchev–Trinajstić information content (AvgIpc) is 2.97. The zero-order valence-corrected chi connectivity index (χ0v) is 14.0. The Bertz CT molecular complexity index is 880. The third-order valence-electron chi connectivity index (χ3n) is 3.24. The van der Waals surface area contributed by atoms with E-state index in [9.17, 15) is 10.1 Å². The Morgan fingerprint density at radius 1 is 1.35 bits per heavy atom. The Morgan fingerprint density at radius 3 is 2.87 bits per heavy atom. The fourth-order valence-electron chi connectivity index (χ4n) is 2.15. The van der Waals surface area contributed by atoms with Crippen LogP contribution < -0.4 is 10.1 Å². The lowest BCUT2D eigenvalue weighted by Gasteiger charge is -2.08. The molecule has 6 nitrogen and oxygen atoms in total. The molecule has 3 rings (SSSR count). The highest BCUT2D eigenvalue weighted by Crippen LogP contribution is 2.36. The van der Waals surface area contributed by atoms with Gasteiger partial charge in [0.15, 0.2) is 5.13 Å². The zero-order valence-electron chi connectivity index (χ0n) is 12.4. The number of para-hydroxylation sites is 1. The number of thiazole rings is 1. The fourth-order valence-corrected chi connectivity index (χ4v) is 3.69. The van der Waals surface area contributed by atoms with Gasteiger partial charge in [0.25, 0.3) is 5.69 Å². The Hall–Kier alpha value is -2.32. The molecular weight excluding hydrogens is 334 g/mol. The molecule has 0 spiro atoms. The van der Waals surface area contributed by atoms with Crippen molar-refractivity contribution in [3.63, 3.8) is 0 Å². The van der Waals surface area contributed by atoms with Gasteiger partial charge in [0.2, 0.25) is 0 Å². The predicted molar refractivity (Wildman–Crippen MR) is 94.3 cm³/mol. The summed E-state index contributed by atoms with van der Waals surface area (Å²) < 4.78 is 6.32. The smallest absolute Gasteiger partial charge is 0.273 e. The lowest BCUT2D eigenvalue weighted by molar-refractivity contribution is -0.384. The van der Waals surface area contributed by atoms with E-state index in [1.807, 2.05) is 24.5 Å². The summed E-state index contributed by atoms with van der Waals surface area (Å²) in [5.41, 5.74) is 1.58. The first kappa shape index (κ1) is 15.6. The molecule has 0 saturated heterocycles. The summed E-state index contributed by atoms with van der Waals surface area (Å²) in [7, 11) is 1.48. The summed E-state index contributed by atoms with van der Waals surface area (Å²) in [5.74, 6) is 0.406. The number of nitrogens with one attached hydrogen (secondary N) is 1. The van der Waals surface area contributed by atoms with Crippen LogP contribution in [0, 0.1) is 10.1 Å². The molecule has 0 atom stereocenters. The molecule has 3 aromatic rings. The van der Waals surface area contributed by atoms with E-state index in [1.165, 1.54) is 30.6 Å². The van der Waals surface area contributed by atoms with Gasteiger partial charge in [0.05, 0.1) is 34.0 Å². The molecule has 0 radical (unpaired) electrons. The highest BCUT2D eigenvalue weighted by atomic mass is 32.2. The number of nitrogens with zero attached hydrogens (tertiary/aromatic N) is 2. The first-order valence-corrected chi connectivity index (χ1v) is 8.69. The van der Waals surface area contributed by atoms with Crippen LogP contribution in [0.1, 0.15) is 0 Å². The molecule has 8 heteroatoms. The van der Waals surface area contributed by atoms with Gasteiger partial charge in [-0.3, -0.25) is 10.1 Å². The minimum absolute atomic E-state index is 0.0126. The van der Waals surface area contributed by atoms with E-state index in [-0.39, 0.29) is 5.69 Å². The van der Waals surface area contributed by atoms with E-state index in [2.05, 4.69) is 10.3 Å². The standard InChI is InChI=1S/C15H13N3O3S2/c1-21-11-8-9(18(19)20)6-7-10(11)16-15-17-14-12(22-2)4-3-5-13(14)23-15/h3-8H,1-2H3,(H,16,17). The SMILES string of the molecule is COc1cc([N+](=O)[O-])ccc1Nc1nc2c(SC)cccc2s1. The van der Waals surface area contributed by atoms with Crippen LogP contribution in [0.4, 0.5) is 16.5 Å². The highest BCUT2D eigenvalue weighted by Gasteiger charge is 2.13. The molecule has 0 aliphatic rings. The quantitative estimate of drug-likeness (QED) is 0.410. The number of hydrogen-bond acceptors (Lipinski definition) is 7. The third-order valence-corrected chi connectivity index (χ3v) is 4.94. The van der Waals surface area contributed by atoms with Gasteiger partial charge in [-0.05, 0) is 24.5 Å². The number of ether oxygens (including phenoxy) is 1. The van der Waals surface area contributed by atoms with E-state index in [4.69, 9.17) is 4.74 Å². The van der Waals surface area contributed by atoms with Crippen LogP contribution in [0.15, 0.2) is 41.3 Å². The first-order chi connectivity index (χ1) is 11.1. The van der Waals surface area contributed by atoms with Crippen molar-refractivity contribution in [2.24, 2.45) is 0 Å². The van der Waals surface area contributed by atoms with Crippen molar-refractivity contribution in [2.75, 3.05) is 18.7 Å². The molecule has 0 unspecified atom stereocenters. The number of hydrogen-bond donors (Lipinski definition) is 1. The van der Waals surface area contributed by atoms with Crippen molar-refractivity contribution in [1.29, 1.82) is 0 Å². The van der Waals surface area contributed by atoms with Crippen LogP contribution in [-0.4, -0.2) is 23.3 Å². The molecule has 0 aliphatic heterocycles. The summed E-state index contributed by atoms with van der Waals surface area (Å²) >= 11 is 3.17. The Balaban J connectivity index is 1.97. The number of aromatic nitrogens is 1. The van der Waals surface area contributed by atoms with Gasteiger partial charge >= 0.3 is 0 Å². The van der Waals surface area contributed by atoms with E-state index in [1.54, 1.807) is 17.8 Å². The van der Waals surface area contributed by atoms with E-state index < -0.39 is 4.92 Å². The third kappa shape index (κ3) is 3.08. The minimum atomic E-state index is -0.450. The number of non-ortho nitro benzene ring substituents is 1. The van der Waals surface area contributed by atoms with Gasteiger partial charge in [-0.2, -0.15) is 0 Å². The molecule has 1 heterocycles. The largest absolute Gasteiger partial charge is 0.494 e. The Morgan fingerprint density at radius 2 is 2.17 bits per heavy atom. The maximum atomic E-state index is 10.8. The van der Waals surface area contributed by atoms with Crippen molar-refractivity contribution >= 4 is 49.8 Å². The second-order valence-corrected chi connectivity index (χ2v) is 6.47. The Kier molecular flexibility index (Phi) is 4.35. The number of nitro groups is 1. The normalized spacial score (nSPS) is 10.7. The van der Waals surface area contributed by atoms with Crippen molar-refractivity contribution in [1.82, 2.24) is 4.98 Å². The topological polar surface area (TPSA) is 77.3 Å². The maximum absolute atomic E-state index is 10.8. The molecule has 0 saturated carbocycles. The number of rotatable bonds is 5. The van der Waals surface area contributed by atoms with Crippen LogP contribution in [0.3, 0.4) is 0 Å². The number of methoxy groups -OCH3 is 1. The lowest BCUT2D eigenvalue weighted by atomic mass is 10.2. The van der Waals surface area contributed by atoms with Crippen LogP contribution in [0.25, 0.3) is 10.2 Å². The van der Waals surface area contributed by atoms with Crippen LogP contribution in [0.5, 0.6) is 5.75 Å². The van der Waals surface area contributed by atoms with Crippen LogP contribution >= 0.6 is 23.1 Å². The monoisotopic (exact) mass is 347 g/mol. The first-order valence-electron chi connectivity index (χ1n) is 6.65. The van der Waals surface area contributed by atoms with Crippen LogP contribution in [0.2, 0.25) is 0 Å². The second kappa shape index (κ2) is 6.43. The molecule has 1 aromatic heterocycles. The van der Waals surface area contributed by atoms with E-state index in [0.717, 1.165) is 15.1 Å². The summed E-state index contributed by atoms with van der Waals surface area (Å²) in [5, 5.41) is 14.7. The zero-order chi connectivity index (χ0) is 16.4. The number of thioether (sulfide) groups is 1. The Labute approximate surface area is 140 Å². The molecular formula is C15H13N3O3S2. The molecule has 0 fully saturated rings. The van der Waals surface area contributed by atoms with Crippen molar-refractivity contribution in [3.05, 3.63) is 46.5 Å². The molecule has 118 valence electrons. The number of benzene rings is 2. The van der Waals surface area contributed by atoms with Gasteiger partial charge in [0, 0.05) is 11.0 Å². The van der Waals surface area contributed by atoms with Gasteiger partial charge in [-0.1, -0.05) is 17.4 Å². The maximum Gasteiger partial charge on any atom is 0.273 e. The van der Waals surface area contributed by atoms with E-state index >= 15 is 0 Å². The summed E-state index contributed by atoms with van der Waals surface area (Å²) in [4.78, 5) is 16.1. The molecule has 23 heavy (non-hydrogen) atoms. The van der Waals surface area contributed by atoms with Gasteiger partial charge < -0.3 is 10.1 Å². The predicted octanol–water partition coefficient (Wildman–Crippen LogP) is 4.68. The summed E-state index contributed by atoms with van der Waals surface area (Å²) in [6.45, 7) is 0. The second-order valence-electron chi connectivity index (χ2n) is 4.59. The molecule has 0 bridgehead atoms. The fraction of sp³-hybridized carbons (Fsp3) is 0.133. The molecule has 2 aromatic carbocycles. The van der Waals surface area contributed by atoms with Gasteiger partial charge in [0.1, 0.15) is 5.75 Å². The lowest BCUT2D eigenvalue weighted by Crippen LogP contribution is -1.96. The van der Waals surface area contributed by atoms with Gasteiger partial charge in [-0.15, -0.1) is 11.8 Å². The van der Waals surface area contributed by atoms with Crippen molar-refractivity contribution in [2.45, 2.75) is 4.90 Å². The minimum Gasteiger partial charge on any atom is -0.494 e. The highest BCUT2D eigenvalue weighted by molar-refractivity contribution is 7.98. The van der Waals surface area contributed by atoms with Crippen molar-refractivity contribution < 1.29 is 9.66 Å². The average molecular weight is 347 g/mol. The number of anilines is 2. The summed E-state index contributed by atoms with van der Waals surface area (Å²) in [6.07, 6.45) is 2.01. The number of nitro benzene ring substituents is 1. The van der Waals surface area contributed by atoms with E-state index in [0.29, 0.717) is 16.6 Å². The van der Waals surface area contributed by atoms with Gasteiger partial charge in [-0.25, -0.2) is 4.98 Å². The molecule has 0 aliphatic carbocycles. The van der Waals surface area contributed by atoms with Crippen molar-refractivity contribution in [3.8, 4) is 5.75 Å². The summed E-state index contributed by atoms with van der Waals surface area (Å²) in [6, 6.07) is 10.5. The van der Waals surface area contributed by atoms with Crippen LogP contribution in [-0.2, 0) is 0 Å².